The fourth-order valence-corrected chi connectivity index (χ4v) is 5.57. The van der Waals surface area contributed by atoms with E-state index in [9.17, 15) is 34.8 Å². The molecule has 3 aromatic rings. The number of rotatable bonds is 8. The van der Waals surface area contributed by atoms with Crippen LogP contribution in [0.4, 0.5) is 0 Å². The number of allylic oxidation sites excluding steroid dienone is 1. The van der Waals surface area contributed by atoms with Crippen molar-refractivity contribution >= 4 is 23.7 Å². The fraction of sp³-hybridized carbons (Fsp3) is 0.361. The first-order chi connectivity index (χ1) is 22.1. The summed E-state index contributed by atoms with van der Waals surface area (Å²) in [4.78, 5) is 38.9. The van der Waals surface area contributed by atoms with Crippen LogP contribution in [0.25, 0.3) is 6.08 Å². The van der Waals surface area contributed by atoms with Crippen LogP contribution in [-0.4, -0.2) is 57.8 Å². The number of aromatic hydroxyl groups is 4. The number of carbonyl (C=O) groups is 3. The number of carbonyl (C=O) groups excluding carboxylic acids is 3. The zero-order valence-electron chi connectivity index (χ0n) is 26.1. The van der Waals surface area contributed by atoms with E-state index in [1.165, 1.54) is 25.3 Å². The largest absolute Gasteiger partial charge is 0.507 e. The molecule has 5 N–H and O–H groups in total. The van der Waals surface area contributed by atoms with Crippen LogP contribution in [0.3, 0.4) is 0 Å². The molecule has 4 rings (SSSR count). The van der Waals surface area contributed by atoms with Crippen molar-refractivity contribution in [3.63, 3.8) is 0 Å². The van der Waals surface area contributed by atoms with Gasteiger partial charge in [-0.15, -0.1) is 0 Å². The van der Waals surface area contributed by atoms with Crippen LogP contribution < -0.4 is 10.1 Å². The first kappa shape index (κ1) is 33.9. The number of phenolic OH excluding ortho intramolecular Hbond substituents is 4. The third-order valence-electron chi connectivity index (χ3n) is 8.08. The molecule has 0 saturated heterocycles. The van der Waals surface area contributed by atoms with Crippen molar-refractivity contribution in [1.29, 1.82) is 0 Å². The Morgan fingerprint density at radius 3 is 2.43 bits per heavy atom. The number of amides is 1. The zero-order chi connectivity index (χ0) is 33.2. The maximum Gasteiger partial charge on any atom is 0.342 e. The van der Waals surface area contributed by atoms with Crippen molar-refractivity contribution in [2.75, 3.05) is 13.7 Å². The minimum absolute atomic E-state index is 0.00670. The minimum atomic E-state index is -0.859. The quantitative estimate of drug-likeness (QED) is 0.151. The molecule has 3 aromatic carbocycles. The lowest BCUT2D eigenvalue weighted by atomic mass is 9.84. The summed E-state index contributed by atoms with van der Waals surface area (Å²) < 4.78 is 11.0. The third-order valence-corrected chi connectivity index (χ3v) is 8.08. The third kappa shape index (κ3) is 8.80. The standard InChI is InChI=1S/C36H41NO9/c1-22-7-6-10-26(38)9-5-3-4-8-25-20-31(41)34(35(43)33(25)36(44)46-22)28(24-12-14-27(45-2)15-13-24)21-32(42)37-18-17-23-11-16-29(39)30(40)19-23/h4,8,11-16,19-20,22,28,39-41,43H,3,5-7,9-10,17-18,21H2,1-2H3,(H,37,42). The number of hydrogen-bond acceptors (Lipinski definition) is 9. The number of benzene rings is 3. The molecule has 10 heteroatoms. The molecule has 10 nitrogen and oxygen atoms in total. The van der Waals surface area contributed by atoms with E-state index in [1.807, 2.05) is 0 Å². The summed E-state index contributed by atoms with van der Waals surface area (Å²) in [5.41, 5.74) is 1.45. The number of fused-ring (bicyclic) bond motifs is 1. The zero-order valence-corrected chi connectivity index (χ0v) is 26.1. The molecule has 2 atom stereocenters. The highest BCUT2D eigenvalue weighted by Crippen LogP contribution is 2.44. The lowest BCUT2D eigenvalue weighted by Gasteiger charge is -2.23. The predicted molar refractivity (Wildman–Crippen MR) is 172 cm³/mol. The van der Waals surface area contributed by atoms with Gasteiger partial charge in [-0.2, -0.15) is 0 Å². The van der Waals surface area contributed by atoms with Crippen molar-refractivity contribution in [1.82, 2.24) is 5.32 Å². The topological polar surface area (TPSA) is 163 Å². The van der Waals surface area contributed by atoms with E-state index in [0.717, 1.165) is 0 Å². The highest BCUT2D eigenvalue weighted by Gasteiger charge is 2.31. The summed E-state index contributed by atoms with van der Waals surface area (Å²) in [6.45, 7) is 1.95. The van der Waals surface area contributed by atoms with Gasteiger partial charge in [0.05, 0.1) is 13.2 Å². The molecule has 0 aromatic heterocycles. The molecule has 0 saturated carbocycles. The Kier molecular flexibility index (Phi) is 11.7. The lowest BCUT2D eigenvalue weighted by Crippen LogP contribution is -2.27. The van der Waals surface area contributed by atoms with Crippen LogP contribution in [0.5, 0.6) is 28.7 Å². The van der Waals surface area contributed by atoms with Crippen LogP contribution in [0.15, 0.2) is 54.6 Å². The second-order valence-corrected chi connectivity index (χ2v) is 11.5. The van der Waals surface area contributed by atoms with E-state index in [-0.39, 0.29) is 58.6 Å². The van der Waals surface area contributed by atoms with Crippen LogP contribution in [0.2, 0.25) is 0 Å². The molecular weight excluding hydrogens is 590 g/mol. The van der Waals surface area contributed by atoms with E-state index < -0.39 is 23.7 Å². The van der Waals surface area contributed by atoms with Crippen LogP contribution >= 0.6 is 0 Å². The number of methoxy groups -OCH3 is 1. The molecule has 0 fully saturated rings. The second-order valence-electron chi connectivity index (χ2n) is 11.5. The van der Waals surface area contributed by atoms with Gasteiger partial charge in [0.1, 0.15) is 28.6 Å². The van der Waals surface area contributed by atoms with Crippen LogP contribution in [-0.2, 0) is 20.7 Å². The van der Waals surface area contributed by atoms with Gasteiger partial charge in [0, 0.05) is 37.3 Å². The molecule has 244 valence electrons. The Morgan fingerprint density at radius 1 is 0.978 bits per heavy atom. The Hall–Kier alpha value is -4.99. The maximum atomic E-state index is 13.5. The Balaban J connectivity index is 1.68. The van der Waals surface area contributed by atoms with Gasteiger partial charge in [-0.3, -0.25) is 9.59 Å². The van der Waals surface area contributed by atoms with E-state index in [0.29, 0.717) is 61.8 Å². The number of ether oxygens (including phenoxy) is 2. The van der Waals surface area contributed by atoms with Gasteiger partial charge in [-0.05, 0) is 86.1 Å². The fourth-order valence-electron chi connectivity index (χ4n) is 5.57. The Labute approximate surface area is 268 Å². The number of nitrogens with one attached hydrogen (secondary N) is 1. The van der Waals surface area contributed by atoms with Gasteiger partial charge in [0.25, 0.3) is 0 Å². The summed E-state index contributed by atoms with van der Waals surface area (Å²) in [7, 11) is 1.52. The minimum Gasteiger partial charge on any atom is -0.507 e. The summed E-state index contributed by atoms with van der Waals surface area (Å²) in [5, 5.41) is 45.2. The van der Waals surface area contributed by atoms with Crippen molar-refractivity contribution in [2.45, 2.75) is 70.3 Å². The Morgan fingerprint density at radius 2 is 1.72 bits per heavy atom. The molecule has 0 radical (unpaired) electrons. The normalized spacial score (nSPS) is 16.5. The molecule has 2 unspecified atom stereocenters. The first-order valence-electron chi connectivity index (χ1n) is 15.5. The number of cyclic esters (lactones) is 1. The molecule has 1 amide bonds. The number of ketones is 1. The molecule has 1 aliphatic rings. The van der Waals surface area contributed by atoms with Crippen LogP contribution in [0, 0.1) is 0 Å². The number of hydrogen-bond donors (Lipinski definition) is 5. The van der Waals surface area contributed by atoms with Crippen molar-refractivity contribution in [3.8, 4) is 28.7 Å². The number of Topliss-reactive ketones (excluding diaryl/α,β-unsaturated/α-hetero) is 1. The summed E-state index contributed by atoms with van der Waals surface area (Å²) in [5.74, 6) is -2.54. The highest BCUT2D eigenvalue weighted by atomic mass is 16.5. The van der Waals surface area contributed by atoms with E-state index in [2.05, 4.69) is 5.32 Å². The molecule has 1 aliphatic heterocycles. The van der Waals surface area contributed by atoms with Crippen molar-refractivity contribution in [2.24, 2.45) is 0 Å². The van der Waals surface area contributed by atoms with Gasteiger partial charge < -0.3 is 35.2 Å². The molecule has 46 heavy (non-hydrogen) atoms. The van der Waals surface area contributed by atoms with E-state index >= 15 is 0 Å². The first-order valence-corrected chi connectivity index (χ1v) is 15.5. The number of phenols is 4. The van der Waals surface area contributed by atoms with E-state index in [4.69, 9.17) is 9.47 Å². The average Bonchev–Trinajstić information content (AvgIpc) is 3.01. The van der Waals surface area contributed by atoms with Gasteiger partial charge >= 0.3 is 5.97 Å². The summed E-state index contributed by atoms with van der Waals surface area (Å²) >= 11 is 0. The molecule has 0 spiro atoms. The van der Waals surface area contributed by atoms with Crippen molar-refractivity contribution < 1.29 is 44.3 Å². The number of esters is 1. The summed E-state index contributed by atoms with van der Waals surface area (Å²) in [6.07, 6.45) is 6.22. The van der Waals surface area contributed by atoms with Gasteiger partial charge in [0.15, 0.2) is 11.5 Å². The maximum absolute atomic E-state index is 13.5. The van der Waals surface area contributed by atoms with Gasteiger partial charge in [-0.25, -0.2) is 4.79 Å². The molecule has 0 aliphatic carbocycles. The predicted octanol–water partition coefficient (Wildman–Crippen LogP) is 5.88. The monoisotopic (exact) mass is 631 g/mol. The van der Waals surface area contributed by atoms with Gasteiger partial charge in [-0.1, -0.05) is 30.4 Å². The molecule has 0 bridgehead atoms. The lowest BCUT2D eigenvalue weighted by molar-refractivity contribution is -0.121. The Bertz CT molecular complexity index is 1580. The SMILES string of the molecule is COc1ccc(C(CC(=O)NCCc2ccc(O)c(O)c2)c2c(O)cc3c(c2O)C(=O)OC(C)CCCC(=O)CCCC=C3)cc1. The smallest absolute Gasteiger partial charge is 0.342 e. The van der Waals surface area contributed by atoms with Crippen molar-refractivity contribution in [3.05, 3.63) is 82.4 Å². The van der Waals surface area contributed by atoms with Gasteiger partial charge in [0.2, 0.25) is 5.91 Å². The van der Waals surface area contributed by atoms with Crippen LogP contribution in [0.1, 0.15) is 90.4 Å². The highest BCUT2D eigenvalue weighted by molar-refractivity contribution is 5.98. The molecule has 1 heterocycles. The molecular formula is C36H41NO9. The average molecular weight is 632 g/mol. The summed E-state index contributed by atoms with van der Waals surface area (Å²) in [6, 6.07) is 12.7. The second kappa shape index (κ2) is 15.8. The van der Waals surface area contributed by atoms with E-state index in [1.54, 1.807) is 49.4 Å².